The summed E-state index contributed by atoms with van der Waals surface area (Å²) in [6.45, 7) is 0. The van der Waals surface area contributed by atoms with Crippen LogP contribution in [0.5, 0.6) is 0 Å². The molecule has 2 heterocycles. The van der Waals surface area contributed by atoms with Crippen LogP contribution in [0.1, 0.15) is 11.1 Å². The van der Waals surface area contributed by atoms with Gasteiger partial charge < -0.3 is 0 Å². The molecule has 2 aromatic heterocycles. The molecule has 3 aromatic rings. The van der Waals surface area contributed by atoms with E-state index in [0.29, 0.717) is 33.8 Å². The summed E-state index contributed by atoms with van der Waals surface area (Å²) in [7, 11) is 0. The molecule has 0 fully saturated rings. The maximum absolute atomic E-state index is 6.25. The van der Waals surface area contributed by atoms with E-state index < -0.39 is 0 Å². The van der Waals surface area contributed by atoms with Crippen LogP contribution in [-0.2, 0) is 6.42 Å². The number of nitrogens with zero attached hydrogens (tertiary/aromatic N) is 4. The van der Waals surface area contributed by atoms with Crippen LogP contribution in [0.25, 0.3) is 11.5 Å². The first-order chi connectivity index (χ1) is 10.2. The second-order valence-electron chi connectivity index (χ2n) is 4.36. The van der Waals surface area contributed by atoms with Gasteiger partial charge in [0.05, 0.1) is 6.20 Å². The van der Waals surface area contributed by atoms with E-state index in [9.17, 15) is 0 Å². The van der Waals surface area contributed by atoms with Gasteiger partial charge in [0.25, 0.3) is 0 Å². The number of benzene rings is 1. The lowest BCUT2D eigenvalue weighted by atomic mass is 10.1. The van der Waals surface area contributed by atoms with Gasteiger partial charge in [-0.15, -0.1) is 0 Å². The van der Waals surface area contributed by atoms with Gasteiger partial charge in [-0.05, 0) is 5.56 Å². The van der Waals surface area contributed by atoms with Crippen LogP contribution in [0.2, 0.25) is 10.3 Å². The fourth-order valence-corrected chi connectivity index (χ4v) is 2.43. The van der Waals surface area contributed by atoms with Gasteiger partial charge in [0, 0.05) is 24.4 Å². The molecule has 104 valence electrons. The molecule has 0 N–H and O–H groups in total. The minimum Gasteiger partial charge on any atom is -0.261 e. The second kappa shape index (κ2) is 6.16. The SMILES string of the molecule is Clc1nc(-c2cnccn2)nc(Cl)c1Cc1ccccc1. The van der Waals surface area contributed by atoms with Crippen LogP contribution in [0.4, 0.5) is 0 Å². The van der Waals surface area contributed by atoms with E-state index >= 15 is 0 Å². The van der Waals surface area contributed by atoms with Crippen LogP contribution in [-0.4, -0.2) is 19.9 Å². The first-order valence-corrected chi connectivity index (χ1v) is 7.02. The van der Waals surface area contributed by atoms with Crippen molar-refractivity contribution in [3.8, 4) is 11.5 Å². The highest BCUT2D eigenvalue weighted by Gasteiger charge is 2.14. The molecule has 0 amide bonds. The lowest BCUT2D eigenvalue weighted by molar-refractivity contribution is 1.06. The molecule has 0 saturated heterocycles. The van der Waals surface area contributed by atoms with E-state index in [4.69, 9.17) is 23.2 Å². The predicted molar refractivity (Wildman–Crippen MR) is 82.3 cm³/mol. The van der Waals surface area contributed by atoms with E-state index in [0.717, 1.165) is 5.56 Å². The van der Waals surface area contributed by atoms with Crippen molar-refractivity contribution in [1.29, 1.82) is 0 Å². The molecule has 0 aliphatic carbocycles. The Balaban J connectivity index is 1.97. The predicted octanol–water partition coefficient (Wildman–Crippen LogP) is 3.83. The lowest BCUT2D eigenvalue weighted by Crippen LogP contribution is -2.00. The Morgan fingerprint density at radius 3 is 2.24 bits per heavy atom. The Labute approximate surface area is 131 Å². The average molecular weight is 317 g/mol. The van der Waals surface area contributed by atoms with Gasteiger partial charge in [-0.2, -0.15) is 0 Å². The quantitative estimate of drug-likeness (QED) is 0.689. The smallest absolute Gasteiger partial charge is 0.182 e. The van der Waals surface area contributed by atoms with E-state index in [1.54, 1.807) is 18.6 Å². The van der Waals surface area contributed by atoms with Crippen molar-refractivity contribution < 1.29 is 0 Å². The molecule has 4 nitrogen and oxygen atoms in total. The van der Waals surface area contributed by atoms with Crippen molar-refractivity contribution in [2.75, 3.05) is 0 Å². The van der Waals surface area contributed by atoms with Crippen LogP contribution in [0.15, 0.2) is 48.9 Å². The van der Waals surface area contributed by atoms with Crippen LogP contribution < -0.4 is 0 Å². The standard InChI is InChI=1S/C15H10Cl2N4/c16-13-11(8-10-4-2-1-3-5-10)14(17)21-15(20-13)12-9-18-6-7-19-12/h1-7,9H,8H2. The monoisotopic (exact) mass is 316 g/mol. The molecular formula is C15H10Cl2N4. The molecule has 0 radical (unpaired) electrons. The first-order valence-electron chi connectivity index (χ1n) is 6.26. The summed E-state index contributed by atoms with van der Waals surface area (Å²) >= 11 is 12.5. The fourth-order valence-electron chi connectivity index (χ4n) is 1.91. The van der Waals surface area contributed by atoms with Crippen molar-refractivity contribution in [2.24, 2.45) is 0 Å². The topological polar surface area (TPSA) is 51.6 Å². The normalized spacial score (nSPS) is 10.6. The number of aromatic nitrogens is 4. The van der Waals surface area contributed by atoms with Gasteiger partial charge in [0.1, 0.15) is 16.0 Å². The molecule has 6 heteroatoms. The van der Waals surface area contributed by atoms with Gasteiger partial charge >= 0.3 is 0 Å². The molecular weight excluding hydrogens is 307 g/mol. The molecule has 0 saturated carbocycles. The summed E-state index contributed by atoms with van der Waals surface area (Å²) in [6, 6.07) is 9.89. The van der Waals surface area contributed by atoms with Crippen LogP contribution in [0, 0.1) is 0 Å². The van der Waals surface area contributed by atoms with Gasteiger partial charge in [-0.3, -0.25) is 4.98 Å². The maximum Gasteiger partial charge on any atom is 0.182 e. The Morgan fingerprint density at radius 1 is 0.905 bits per heavy atom. The molecule has 0 spiro atoms. The number of hydrogen-bond donors (Lipinski definition) is 0. The average Bonchev–Trinajstić information content (AvgIpc) is 2.52. The minimum absolute atomic E-state index is 0.333. The molecule has 0 unspecified atom stereocenters. The Bertz CT molecular complexity index is 725. The van der Waals surface area contributed by atoms with Crippen LogP contribution in [0.3, 0.4) is 0 Å². The Hall–Kier alpha value is -2.04. The maximum atomic E-state index is 6.25. The van der Waals surface area contributed by atoms with Gasteiger partial charge in [0.15, 0.2) is 5.82 Å². The summed E-state index contributed by atoms with van der Waals surface area (Å²) < 4.78 is 0. The van der Waals surface area contributed by atoms with Crippen molar-refractivity contribution >= 4 is 23.2 Å². The Kier molecular flexibility index (Phi) is 4.08. The third-order valence-corrected chi connectivity index (χ3v) is 3.55. The molecule has 0 bridgehead atoms. The van der Waals surface area contributed by atoms with Crippen molar-refractivity contribution in [3.05, 3.63) is 70.4 Å². The third kappa shape index (κ3) is 3.17. The van der Waals surface area contributed by atoms with Gasteiger partial charge in [0.2, 0.25) is 0 Å². The number of halogens is 2. The highest BCUT2D eigenvalue weighted by Crippen LogP contribution is 2.26. The molecule has 0 aliphatic heterocycles. The molecule has 0 atom stereocenters. The van der Waals surface area contributed by atoms with E-state index in [2.05, 4.69) is 19.9 Å². The summed E-state index contributed by atoms with van der Waals surface area (Å²) in [6.07, 6.45) is 5.30. The van der Waals surface area contributed by atoms with Gasteiger partial charge in [-0.25, -0.2) is 15.0 Å². The fraction of sp³-hybridized carbons (Fsp3) is 0.0667. The first kappa shape index (κ1) is 13.9. The highest BCUT2D eigenvalue weighted by atomic mass is 35.5. The molecule has 0 aliphatic rings. The summed E-state index contributed by atoms with van der Waals surface area (Å²) in [5.74, 6) is 0.370. The van der Waals surface area contributed by atoms with E-state index in [1.807, 2.05) is 30.3 Å². The zero-order valence-electron chi connectivity index (χ0n) is 10.9. The zero-order chi connectivity index (χ0) is 14.7. The highest BCUT2D eigenvalue weighted by molar-refractivity contribution is 6.34. The zero-order valence-corrected chi connectivity index (χ0v) is 12.4. The van der Waals surface area contributed by atoms with E-state index in [-0.39, 0.29) is 0 Å². The molecule has 21 heavy (non-hydrogen) atoms. The molecule has 1 aromatic carbocycles. The van der Waals surface area contributed by atoms with Crippen molar-refractivity contribution in [2.45, 2.75) is 6.42 Å². The van der Waals surface area contributed by atoms with Crippen molar-refractivity contribution in [1.82, 2.24) is 19.9 Å². The number of rotatable bonds is 3. The summed E-state index contributed by atoms with van der Waals surface area (Å²) in [5, 5.41) is 0.666. The van der Waals surface area contributed by atoms with E-state index in [1.165, 1.54) is 0 Å². The van der Waals surface area contributed by atoms with Gasteiger partial charge in [-0.1, -0.05) is 53.5 Å². The Morgan fingerprint density at radius 2 is 1.62 bits per heavy atom. The lowest BCUT2D eigenvalue weighted by Gasteiger charge is -2.08. The second-order valence-corrected chi connectivity index (χ2v) is 5.08. The number of hydrogen-bond acceptors (Lipinski definition) is 4. The summed E-state index contributed by atoms with van der Waals surface area (Å²) in [4.78, 5) is 16.7. The third-order valence-electron chi connectivity index (χ3n) is 2.92. The largest absolute Gasteiger partial charge is 0.261 e. The molecule has 3 rings (SSSR count). The summed E-state index contributed by atoms with van der Waals surface area (Å²) in [5.41, 5.74) is 2.34. The van der Waals surface area contributed by atoms with Crippen molar-refractivity contribution in [3.63, 3.8) is 0 Å². The van der Waals surface area contributed by atoms with Crippen LogP contribution >= 0.6 is 23.2 Å². The minimum atomic E-state index is 0.333.